The van der Waals surface area contributed by atoms with Gasteiger partial charge in [-0.2, -0.15) is 4.31 Å². The molecule has 1 atom stereocenters. The number of nitrogens with one attached hydrogen (secondary N) is 1. The average molecular weight is 269 g/mol. The van der Waals surface area contributed by atoms with E-state index in [4.69, 9.17) is 0 Å². The Morgan fingerprint density at radius 1 is 1.50 bits per heavy atom. The maximum atomic E-state index is 12.1. The van der Waals surface area contributed by atoms with E-state index in [-0.39, 0.29) is 11.8 Å². The van der Waals surface area contributed by atoms with E-state index in [1.807, 2.05) is 18.2 Å². The molecule has 2 heterocycles. The minimum atomic E-state index is -3.21. The molecule has 1 fully saturated rings. The molecule has 0 saturated carbocycles. The van der Waals surface area contributed by atoms with Gasteiger partial charge in [-0.1, -0.05) is 6.07 Å². The van der Waals surface area contributed by atoms with E-state index in [9.17, 15) is 8.42 Å². The molecule has 5 nitrogen and oxygen atoms in total. The van der Waals surface area contributed by atoms with Crippen molar-refractivity contribution in [3.8, 4) is 0 Å². The number of sulfonamides is 1. The third-order valence-corrected chi connectivity index (χ3v) is 5.06. The molecule has 0 aromatic carbocycles. The van der Waals surface area contributed by atoms with E-state index in [1.54, 1.807) is 13.2 Å². The van der Waals surface area contributed by atoms with Gasteiger partial charge in [0, 0.05) is 19.3 Å². The van der Waals surface area contributed by atoms with Crippen molar-refractivity contribution in [2.24, 2.45) is 0 Å². The summed E-state index contributed by atoms with van der Waals surface area (Å²) >= 11 is 0. The summed E-state index contributed by atoms with van der Waals surface area (Å²) in [5.41, 5.74) is 0.767. The molecule has 18 heavy (non-hydrogen) atoms. The highest BCUT2D eigenvalue weighted by molar-refractivity contribution is 7.89. The summed E-state index contributed by atoms with van der Waals surface area (Å²) in [7, 11) is -1.60. The zero-order valence-corrected chi connectivity index (χ0v) is 11.4. The third-order valence-electron chi connectivity index (χ3n) is 3.16. The molecule has 6 heteroatoms. The zero-order valence-electron chi connectivity index (χ0n) is 10.5. The molecule has 0 amide bonds. The Balaban J connectivity index is 1.96. The molecule has 0 bridgehead atoms. The fourth-order valence-corrected chi connectivity index (χ4v) is 3.48. The van der Waals surface area contributed by atoms with E-state index in [1.165, 1.54) is 4.31 Å². The number of nitrogens with zero attached hydrogens (tertiary/aromatic N) is 2. The molecule has 2 rings (SSSR count). The summed E-state index contributed by atoms with van der Waals surface area (Å²) in [6.45, 7) is 1.25. The average Bonchev–Trinajstić information content (AvgIpc) is 2.82. The van der Waals surface area contributed by atoms with E-state index >= 15 is 0 Å². The van der Waals surface area contributed by atoms with Crippen LogP contribution >= 0.6 is 0 Å². The number of rotatable bonds is 5. The van der Waals surface area contributed by atoms with Crippen molar-refractivity contribution >= 4 is 10.0 Å². The van der Waals surface area contributed by atoms with Crippen LogP contribution in [0.15, 0.2) is 24.4 Å². The smallest absolute Gasteiger partial charge is 0.215 e. The second-order valence-corrected chi connectivity index (χ2v) is 6.77. The van der Waals surface area contributed by atoms with Crippen LogP contribution in [0.2, 0.25) is 0 Å². The molecule has 1 aromatic heterocycles. The van der Waals surface area contributed by atoms with Gasteiger partial charge in [-0.25, -0.2) is 8.42 Å². The van der Waals surface area contributed by atoms with E-state index in [2.05, 4.69) is 10.3 Å². The normalized spacial score (nSPS) is 20.4. The monoisotopic (exact) mass is 269 g/mol. The number of hydrogen-bond acceptors (Lipinski definition) is 4. The fourth-order valence-electron chi connectivity index (χ4n) is 2.10. The van der Waals surface area contributed by atoms with Gasteiger partial charge in [0.15, 0.2) is 0 Å². The van der Waals surface area contributed by atoms with Crippen LogP contribution in [0, 0.1) is 0 Å². The van der Waals surface area contributed by atoms with Gasteiger partial charge in [0.05, 0.1) is 18.0 Å². The van der Waals surface area contributed by atoms with Crippen LogP contribution in [0.4, 0.5) is 0 Å². The lowest BCUT2D eigenvalue weighted by molar-refractivity contribution is 0.455. The summed E-state index contributed by atoms with van der Waals surface area (Å²) in [6, 6.07) is 5.61. The van der Waals surface area contributed by atoms with Gasteiger partial charge in [-0.05, 0) is 31.5 Å². The van der Waals surface area contributed by atoms with Gasteiger partial charge in [-0.15, -0.1) is 0 Å². The first-order valence-corrected chi connectivity index (χ1v) is 7.76. The van der Waals surface area contributed by atoms with Crippen molar-refractivity contribution in [2.75, 3.05) is 19.3 Å². The zero-order chi connectivity index (χ0) is 13.0. The van der Waals surface area contributed by atoms with Crippen molar-refractivity contribution in [1.29, 1.82) is 0 Å². The van der Waals surface area contributed by atoms with Crippen LogP contribution in [-0.2, 0) is 16.6 Å². The molecule has 1 aliphatic rings. The Bertz CT molecular complexity index is 469. The van der Waals surface area contributed by atoms with Crippen LogP contribution in [0.25, 0.3) is 0 Å². The van der Waals surface area contributed by atoms with E-state index in [0.717, 1.165) is 25.1 Å². The highest BCUT2D eigenvalue weighted by Crippen LogP contribution is 2.11. The predicted octanol–water partition coefficient (Wildman–Crippen LogP) is 0.595. The molecule has 1 N–H and O–H groups in total. The Morgan fingerprint density at radius 3 is 2.94 bits per heavy atom. The highest BCUT2D eigenvalue weighted by atomic mass is 32.2. The van der Waals surface area contributed by atoms with Crippen molar-refractivity contribution in [2.45, 2.75) is 25.4 Å². The third kappa shape index (κ3) is 3.51. The van der Waals surface area contributed by atoms with Crippen LogP contribution < -0.4 is 5.32 Å². The van der Waals surface area contributed by atoms with Crippen molar-refractivity contribution < 1.29 is 8.42 Å². The first-order chi connectivity index (χ1) is 8.58. The Morgan fingerprint density at radius 2 is 2.33 bits per heavy atom. The quantitative estimate of drug-likeness (QED) is 0.850. The number of hydrogen-bond donors (Lipinski definition) is 1. The molecule has 100 valence electrons. The lowest BCUT2D eigenvalue weighted by Crippen LogP contribution is -2.37. The molecule has 1 saturated heterocycles. The topological polar surface area (TPSA) is 62.3 Å². The summed E-state index contributed by atoms with van der Waals surface area (Å²) in [5.74, 6) is 0.177. The van der Waals surface area contributed by atoms with E-state index < -0.39 is 10.0 Å². The first-order valence-electron chi connectivity index (χ1n) is 6.15. The molecular weight excluding hydrogens is 250 g/mol. The summed E-state index contributed by atoms with van der Waals surface area (Å²) < 4.78 is 25.7. The maximum absolute atomic E-state index is 12.1. The lowest BCUT2D eigenvalue weighted by Gasteiger charge is -2.19. The van der Waals surface area contributed by atoms with Crippen molar-refractivity contribution in [3.63, 3.8) is 0 Å². The van der Waals surface area contributed by atoms with Gasteiger partial charge >= 0.3 is 0 Å². The number of aromatic nitrogens is 1. The minimum absolute atomic E-state index is 0.0983. The van der Waals surface area contributed by atoms with Crippen molar-refractivity contribution in [3.05, 3.63) is 30.1 Å². The lowest BCUT2D eigenvalue weighted by atomic mass is 10.3. The predicted molar refractivity (Wildman–Crippen MR) is 70.5 cm³/mol. The van der Waals surface area contributed by atoms with Gasteiger partial charge < -0.3 is 5.32 Å². The molecule has 0 spiro atoms. The van der Waals surface area contributed by atoms with Crippen LogP contribution in [-0.4, -0.2) is 43.1 Å². The van der Waals surface area contributed by atoms with Gasteiger partial charge in [-0.3, -0.25) is 4.98 Å². The molecule has 1 aromatic rings. The van der Waals surface area contributed by atoms with Crippen LogP contribution in [0.3, 0.4) is 0 Å². The standard InChI is InChI=1S/C12H19N3O2S/c1-15(9-11-5-2-3-7-13-11)18(16,17)10-12-6-4-8-14-12/h2-3,5,7,12,14H,4,6,8-10H2,1H3. The van der Waals surface area contributed by atoms with E-state index in [0.29, 0.717) is 6.54 Å². The Kier molecular flexibility index (Phi) is 4.31. The second kappa shape index (κ2) is 5.77. The fraction of sp³-hybridized carbons (Fsp3) is 0.583. The minimum Gasteiger partial charge on any atom is -0.313 e. The Labute approximate surface area is 108 Å². The molecule has 0 radical (unpaired) electrons. The second-order valence-electron chi connectivity index (χ2n) is 4.65. The summed E-state index contributed by atoms with van der Waals surface area (Å²) in [4.78, 5) is 4.14. The van der Waals surface area contributed by atoms with Crippen molar-refractivity contribution in [1.82, 2.24) is 14.6 Å². The highest BCUT2D eigenvalue weighted by Gasteiger charge is 2.25. The Hall–Kier alpha value is -0.980. The van der Waals surface area contributed by atoms with Gasteiger partial charge in [0.1, 0.15) is 0 Å². The van der Waals surface area contributed by atoms with Crippen LogP contribution in [0.1, 0.15) is 18.5 Å². The van der Waals surface area contributed by atoms with Gasteiger partial charge in [0.2, 0.25) is 10.0 Å². The summed E-state index contributed by atoms with van der Waals surface area (Å²) in [6.07, 6.45) is 3.68. The SMILES string of the molecule is CN(Cc1ccccn1)S(=O)(=O)CC1CCCN1. The number of pyridine rings is 1. The molecule has 0 aliphatic carbocycles. The summed E-state index contributed by atoms with van der Waals surface area (Å²) in [5, 5.41) is 3.21. The maximum Gasteiger partial charge on any atom is 0.215 e. The first kappa shape index (κ1) is 13.5. The molecular formula is C12H19N3O2S. The van der Waals surface area contributed by atoms with Gasteiger partial charge in [0.25, 0.3) is 0 Å². The molecule has 1 unspecified atom stereocenters. The molecule has 1 aliphatic heterocycles. The van der Waals surface area contributed by atoms with Crippen LogP contribution in [0.5, 0.6) is 0 Å². The largest absolute Gasteiger partial charge is 0.313 e.